The number of amides is 1. The Bertz CT molecular complexity index is 739. The molecule has 0 saturated carbocycles. The molecule has 0 unspecified atom stereocenters. The summed E-state index contributed by atoms with van der Waals surface area (Å²) in [5.74, 6) is -0.956. The van der Waals surface area contributed by atoms with Crippen LogP contribution in [0.1, 0.15) is 16.1 Å². The average Bonchev–Trinajstić information content (AvgIpc) is 2.50. The van der Waals surface area contributed by atoms with Gasteiger partial charge in [0.15, 0.2) is 0 Å². The van der Waals surface area contributed by atoms with Gasteiger partial charge in [0.1, 0.15) is 16.7 Å². The molecular formula is C14H9Cl4FN2O. The quantitative estimate of drug-likeness (QED) is 0.692. The smallest absolute Gasteiger partial charge is 0.274 e. The number of rotatable bonds is 3. The molecule has 0 spiro atoms. The van der Waals surface area contributed by atoms with E-state index in [1.54, 1.807) is 18.2 Å². The molecule has 0 aliphatic carbocycles. The molecule has 0 aliphatic rings. The Balaban J connectivity index is 2.31. The molecule has 0 saturated heterocycles. The molecule has 8 heteroatoms. The Morgan fingerprint density at radius 2 is 1.77 bits per heavy atom. The molecule has 22 heavy (non-hydrogen) atoms. The van der Waals surface area contributed by atoms with Gasteiger partial charge in [-0.15, -0.1) is 0 Å². The van der Waals surface area contributed by atoms with Gasteiger partial charge in [0.2, 0.25) is 0 Å². The van der Waals surface area contributed by atoms with Crippen LogP contribution in [0.4, 0.5) is 4.39 Å². The first-order valence-electron chi connectivity index (χ1n) is 6.01. The van der Waals surface area contributed by atoms with Crippen molar-refractivity contribution in [1.29, 1.82) is 0 Å². The first-order chi connectivity index (χ1) is 10.3. The number of nitrogens with zero attached hydrogens (tertiary/aromatic N) is 2. The standard InChI is InChI=1S/C14H9Cl4FN2O/c1-21(6-7-4-2-3-5-8(7)19)14(22)12-10(16)9(15)11(17)13(18)20-12/h2-5H,6H2,1H3. The maximum atomic E-state index is 13.6. The second kappa shape index (κ2) is 7.01. The van der Waals surface area contributed by atoms with E-state index in [2.05, 4.69) is 4.98 Å². The molecule has 0 N–H and O–H groups in total. The van der Waals surface area contributed by atoms with Crippen LogP contribution in [0, 0.1) is 5.82 Å². The highest BCUT2D eigenvalue weighted by molar-refractivity contribution is 6.52. The molecule has 1 aromatic heterocycles. The number of pyridine rings is 1. The molecule has 0 fully saturated rings. The zero-order valence-electron chi connectivity index (χ0n) is 11.2. The van der Waals surface area contributed by atoms with E-state index in [4.69, 9.17) is 46.4 Å². The van der Waals surface area contributed by atoms with Crippen molar-refractivity contribution in [3.8, 4) is 0 Å². The fraction of sp³-hybridized carbons (Fsp3) is 0.143. The molecule has 1 aromatic carbocycles. The normalized spacial score (nSPS) is 10.6. The van der Waals surface area contributed by atoms with Crippen molar-refractivity contribution in [2.24, 2.45) is 0 Å². The first-order valence-corrected chi connectivity index (χ1v) is 7.53. The van der Waals surface area contributed by atoms with Crippen molar-refractivity contribution in [3.63, 3.8) is 0 Å². The summed E-state index contributed by atoms with van der Waals surface area (Å²) in [5.41, 5.74) is 0.223. The summed E-state index contributed by atoms with van der Waals surface area (Å²) in [6.07, 6.45) is 0. The fourth-order valence-corrected chi connectivity index (χ4v) is 2.57. The first kappa shape index (κ1) is 17.3. The van der Waals surface area contributed by atoms with E-state index in [0.717, 1.165) is 0 Å². The van der Waals surface area contributed by atoms with Gasteiger partial charge in [-0.25, -0.2) is 9.37 Å². The van der Waals surface area contributed by atoms with Gasteiger partial charge in [-0.3, -0.25) is 4.79 Å². The number of hydrogen-bond acceptors (Lipinski definition) is 2. The maximum Gasteiger partial charge on any atom is 0.274 e. The second-order valence-electron chi connectivity index (χ2n) is 4.45. The summed E-state index contributed by atoms with van der Waals surface area (Å²) < 4.78 is 13.6. The largest absolute Gasteiger partial charge is 0.336 e. The number of carbonyl (C=O) groups is 1. The topological polar surface area (TPSA) is 33.2 Å². The van der Waals surface area contributed by atoms with Crippen LogP contribution < -0.4 is 0 Å². The number of hydrogen-bond donors (Lipinski definition) is 0. The van der Waals surface area contributed by atoms with E-state index in [0.29, 0.717) is 5.56 Å². The monoisotopic (exact) mass is 380 g/mol. The lowest BCUT2D eigenvalue weighted by molar-refractivity contribution is 0.0778. The Hall–Kier alpha value is -1.07. The Kier molecular flexibility index (Phi) is 5.50. The highest BCUT2D eigenvalue weighted by Crippen LogP contribution is 2.36. The Morgan fingerprint density at radius 1 is 1.14 bits per heavy atom. The van der Waals surface area contributed by atoms with Gasteiger partial charge in [0.25, 0.3) is 5.91 Å². The van der Waals surface area contributed by atoms with Crippen molar-refractivity contribution in [2.75, 3.05) is 7.05 Å². The zero-order valence-corrected chi connectivity index (χ0v) is 14.2. The third-order valence-electron chi connectivity index (χ3n) is 2.90. The lowest BCUT2D eigenvalue weighted by Gasteiger charge is -2.18. The van der Waals surface area contributed by atoms with Crippen molar-refractivity contribution in [1.82, 2.24) is 9.88 Å². The lowest BCUT2D eigenvalue weighted by atomic mass is 10.2. The molecule has 2 aromatic rings. The van der Waals surface area contributed by atoms with Crippen LogP contribution >= 0.6 is 46.4 Å². The van der Waals surface area contributed by atoms with Gasteiger partial charge in [-0.05, 0) is 6.07 Å². The lowest BCUT2D eigenvalue weighted by Crippen LogP contribution is -2.28. The van der Waals surface area contributed by atoms with Crippen molar-refractivity contribution < 1.29 is 9.18 Å². The molecular weight excluding hydrogens is 373 g/mol. The van der Waals surface area contributed by atoms with E-state index in [1.807, 2.05) is 0 Å². The summed E-state index contributed by atoms with van der Waals surface area (Å²) in [6.45, 7) is 0.0430. The van der Waals surface area contributed by atoms with Crippen LogP contribution in [0.5, 0.6) is 0 Å². The molecule has 1 amide bonds. The fourth-order valence-electron chi connectivity index (χ4n) is 1.76. The number of halogens is 5. The van der Waals surface area contributed by atoms with Crippen LogP contribution in [0.25, 0.3) is 0 Å². The molecule has 3 nitrogen and oxygen atoms in total. The predicted molar refractivity (Wildman–Crippen MR) is 86.5 cm³/mol. The van der Waals surface area contributed by atoms with E-state index >= 15 is 0 Å². The van der Waals surface area contributed by atoms with Crippen LogP contribution in [-0.2, 0) is 6.54 Å². The molecule has 0 atom stereocenters. The summed E-state index contributed by atoms with van der Waals surface area (Å²) in [6, 6.07) is 6.14. The number of benzene rings is 1. The van der Waals surface area contributed by atoms with Gasteiger partial charge in [-0.2, -0.15) is 0 Å². The third-order valence-corrected chi connectivity index (χ3v) is 4.58. The van der Waals surface area contributed by atoms with Gasteiger partial charge < -0.3 is 4.90 Å². The molecule has 2 rings (SSSR count). The maximum absolute atomic E-state index is 13.6. The summed E-state index contributed by atoms with van der Waals surface area (Å²) in [4.78, 5) is 17.5. The van der Waals surface area contributed by atoms with Crippen molar-refractivity contribution in [2.45, 2.75) is 6.54 Å². The van der Waals surface area contributed by atoms with Gasteiger partial charge >= 0.3 is 0 Å². The SMILES string of the molecule is CN(Cc1ccccc1F)C(=O)c1nc(Cl)c(Cl)c(Cl)c1Cl. The van der Waals surface area contributed by atoms with E-state index < -0.39 is 11.7 Å². The summed E-state index contributed by atoms with van der Waals surface area (Å²) in [7, 11) is 1.49. The third kappa shape index (κ3) is 3.46. The summed E-state index contributed by atoms with van der Waals surface area (Å²) >= 11 is 23.5. The average molecular weight is 382 g/mol. The molecule has 0 bridgehead atoms. The Morgan fingerprint density at radius 3 is 2.41 bits per heavy atom. The Labute approximate surface area is 146 Å². The van der Waals surface area contributed by atoms with Crippen LogP contribution in [0.15, 0.2) is 24.3 Å². The van der Waals surface area contributed by atoms with E-state index in [9.17, 15) is 9.18 Å². The molecule has 0 radical (unpaired) electrons. The van der Waals surface area contributed by atoms with Crippen molar-refractivity contribution in [3.05, 3.63) is 61.6 Å². The van der Waals surface area contributed by atoms with Gasteiger partial charge in [0.05, 0.1) is 15.1 Å². The second-order valence-corrected chi connectivity index (χ2v) is 5.94. The highest BCUT2D eigenvalue weighted by atomic mass is 35.5. The predicted octanol–water partition coefficient (Wildman–Crippen LogP) is 5.11. The molecule has 0 aliphatic heterocycles. The number of carbonyl (C=O) groups excluding carboxylic acids is 1. The minimum absolute atomic E-state index is 0.0263. The van der Waals surface area contributed by atoms with Crippen molar-refractivity contribution >= 4 is 52.3 Å². The van der Waals surface area contributed by atoms with Crippen LogP contribution in [-0.4, -0.2) is 22.8 Å². The van der Waals surface area contributed by atoms with Crippen LogP contribution in [0.2, 0.25) is 20.2 Å². The molecule has 116 valence electrons. The van der Waals surface area contributed by atoms with Crippen LogP contribution in [0.3, 0.4) is 0 Å². The molecule has 1 heterocycles. The van der Waals surface area contributed by atoms with E-state index in [-0.39, 0.29) is 32.5 Å². The van der Waals surface area contributed by atoms with Gasteiger partial charge in [-0.1, -0.05) is 64.6 Å². The van der Waals surface area contributed by atoms with E-state index in [1.165, 1.54) is 18.0 Å². The van der Waals surface area contributed by atoms with Gasteiger partial charge in [0, 0.05) is 19.2 Å². The number of aromatic nitrogens is 1. The minimum Gasteiger partial charge on any atom is -0.336 e. The summed E-state index contributed by atoms with van der Waals surface area (Å²) in [5, 5.41) is -0.298. The highest BCUT2D eigenvalue weighted by Gasteiger charge is 2.23. The minimum atomic E-state index is -0.547. The zero-order chi connectivity index (χ0) is 16.4.